The second-order valence-corrected chi connectivity index (χ2v) is 4.99. The van der Waals surface area contributed by atoms with Crippen molar-refractivity contribution in [3.63, 3.8) is 0 Å². The van der Waals surface area contributed by atoms with Gasteiger partial charge in [-0.05, 0) is 37.8 Å². The average Bonchev–Trinajstić information content (AvgIpc) is 2.47. The Morgan fingerprint density at radius 2 is 2.10 bits per heavy atom. The molecule has 1 aliphatic heterocycles. The lowest BCUT2D eigenvalue weighted by Crippen LogP contribution is -2.45. The molecule has 1 aliphatic rings. The van der Waals surface area contributed by atoms with Gasteiger partial charge in [-0.1, -0.05) is 6.92 Å². The molecule has 1 aromatic carbocycles. The van der Waals surface area contributed by atoms with Crippen molar-refractivity contribution in [3.05, 3.63) is 34.4 Å². The number of piperidine rings is 1. The third kappa shape index (κ3) is 3.26. The number of nitro benzene ring substituents is 1. The molecule has 2 amide bonds. The normalized spacial score (nSPS) is 18.6. The van der Waals surface area contributed by atoms with Crippen LogP contribution in [0.3, 0.4) is 0 Å². The number of hydrogen-bond acceptors (Lipinski definition) is 3. The lowest BCUT2D eigenvalue weighted by molar-refractivity contribution is -0.384. The first-order valence-corrected chi connectivity index (χ1v) is 6.94. The van der Waals surface area contributed by atoms with Crippen molar-refractivity contribution in [2.45, 2.75) is 38.6 Å². The van der Waals surface area contributed by atoms with Crippen LogP contribution in [0.1, 0.15) is 32.6 Å². The molecule has 1 unspecified atom stereocenters. The second-order valence-electron chi connectivity index (χ2n) is 4.99. The van der Waals surface area contributed by atoms with Gasteiger partial charge in [0.25, 0.3) is 5.69 Å². The number of amides is 2. The van der Waals surface area contributed by atoms with E-state index < -0.39 is 4.92 Å². The van der Waals surface area contributed by atoms with Gasteiger partial charge in [-0.25, -0.2) is 4.79 Å². The molecular weight excluding hydrogens is 258 g/mol. The number of anilines is 1. The van der Waals surface area contributed by atoms with E-state index in [0.717, 1.165) is 25.8 Å². The number of urea groups is 1. The summed E-state index contributed by atoms with van der Waals surface area (Å²) in [5.41, 5.74) is 0.605. The van der Waals surface area contributed by atoms with E-state index in [1.54, 1.807) is 12.1 Å². The van der Waals surface area contributed by atoms with Gasteiger partial charge in [-0.15, -0.1) is 0 Å². The summed E-state index contributed by atoms with van der Waals surface area (Å²) in [6.45, 7) is 2.86. The van der Waals surface area contributed by atoms with E-state index in [9.17, 15) is 14.9 Å². The van der Waals surface area contributed by atoms with Crippen molar-refractivity contribution in [2.24, 2.45) is 0 Å². The van der Waals surface area contributed by atoms with E-state index in [-0.39, 0.29) is 11.7 Å². The molecule has 1 heterocycles. The zero-order valence-electron chi connectivity index (χ0n) is 11.5. The molecule has 1 fully saturated rings. The zero-order chi connectivity index (χ0) is 14.5. The molecule has 0 aromatic heterocycles. The lowest BCUT2D eigenvalue weighted by atomic mass is 10.0. The van der Waals surface area contributed by atoms with Gasteiger partial charge in [0.05, 0.1) is 4.92 Å². The number of non-ortho nitro benzene ring substituents is 1. The molecular formula is C14H19N3O3. The Balaban J connectivity index is 2.01. The van der Waals surface area contributed by atoms with Crippen molar-refractivity contribution in [1.82, 2.24) is 4.90 Å². The maximum absolute atomic E-state index is 12.2. The van der Waals surface area contributed by atoms with Crippen molar-refractivity contribution >= 4 is 17.4 Å². The van der Waals surface area contributed by atoms with Gasteiger partial charge in [-0.2, -0.15) is 0 Å². The minimum Gasteiger partial charge on any atom is -0.322 e. The zero-order valence-corrected chi connectivity index (χ0v) is 11.5. The first-order valence-electron chi connectivity index (χ1n) is 6.94. The Kier molecular flexibility index (Phi) is 4.55. The Morgan fingerprint density at radius 3 is 2.70 bits per heavy atom. The predicted molar refractivity (Wildman–Crippen MR) is 76.8 cm³/mol. The largest absolute Gasteiger partial charge is 0.322 e. The molecule has 108 valence electrons. The first kappa shape index (κ1) is 14.3. The van der Waals surface area contributed by atoms with Crippen LogP contribution in [0.2, 0.25) is 0 Å². The Morgan fingerprint density at radius 1 is 1.40 bits per heavy atom. The van der Waals surface area contributed by atoms with Crippen molar-refractivity contribution < 1.29 is 9.72 Å². The number of nitro groups is 1. The summed E-state index contributed by atoms with van der Waals surface area (Å²) in [5.74, 6) is 0. The van der Waals surface area contributed by atoms with Gasteiger partial charge in [0.15, 0.2) is 0 Å². The quantitative estimate of drug-likeness (QED) is 0.679. The Hall–Kier alpha value is -2.11. The van der Waals surface area contributed by atoms with E-state index in [2.05, 4.69) is 12.2 Å². The number of likely N-dealkylation sites (tertiary alicyclic amines) is 1. The monoisotopic (exact) mass is 277 g/mol. The maximum atomic E-state index is 12.2. The summed E-state index contributed by atoms with van der Waals surface area (Å²) in [7, 11) is 0. The van der Waals surface area contributed by atoms with E-state index in [1.165, 1.54) is 18.6 Å². The predicted octanol–water partition coefficient (Wildman–Crippen LogP) is 3.39. The summed E-state index contributed by atoms with van der Waals surface area (Å²) in [6, 6.07) is 6.07. The average molecular weight is 277 g/mol. The standard InChI is InChI=1S/C14H19N3O3/c1-2-12-5-3-4-10-16(12)14(18)15-11-6-8-13(9-7-11)17(19)20/h6-9,12H,2-5,10H2,1H3,(H,15,18). The fraction of sp³-hybridized carbons (Fsp3) is 0.500. The Bertz CT molecular complexity index is 487. The van der Waals surface area contributed by atoms with Crippen LogP contribution in [0.25, 0.3) is 0 Å². The third-order valence-electron chi connectivity index (χ3n) is 3.69. The topological polar surface area (TPSA) is 75.5 Å². The van der Waals surface area contributed by atoms with Gasteiger partial charge >= 0.3 is 6.03 Å². The molecule has 0 bridgehead atoms. The van der Waals surface area contributed by atoms with Crippen LogP contribution in [0, 0.1) is 10.1 Å². The molecule has 20 heavy (non-hydrogen) atoms. The molecule has 0 saturated carbocycles. The number of nitrogens with zero attached hydrogens (tertiary/aromatic N) is 2. The molecule has 0 aliphatic carbocycles. The fourth-order valence-electron chi connectivity index (χ4n) is 2.55. The first-order chi connectivity index (χ1) is 9.61. The fourth-order valence-corrected chi connectivity index (χ4v) is 2.55. The van der Waals surface area contributed by atoms with Crippen molar-refractivity contribution in [1.29, 1.82) is 0 Å². The van der Waals surface area contributed by atoms with Gasteiger partial charge in [0.2, 0.25) is 0 Å². The smallest absolute Gasteiger partial charge is 0.322 e. The third-order valence-corrected chi connectivity index (χ3v) is 3.69. The highest BCUT2D eigenvalue weighted by Gasteiger charge is 2.25. The molecule has 0 spiro atoms. The summed E-state index contributed by atoms with van der Waals surface area (Å²) >= 11 is 0. The lowest BCUT2D eigenvalue weighted by Gasteiger charge is -2.35. The summed E-state index contributed by atoms with van der Waals surface area (Å²) in [5, 5.41) is 13.4. The number of nitrogens with one attached hydrogen (secondary N) is 1. The van der Waals surface area contributed by atoms with Gasteiger partial charge < -0.3 is 10.2 Å². The molecule has 1 N–H and O–H groups in total. The minimum atomic E-state index is -0.455. The van der Waals surface area contributed by atoms with Crippen LogP contribution in [-0.4, -0.2) is 28.4 Å². The van der Waals surface area contributed by atoms with E-state index in [4.69, 9.17) is 0 Å². The van der Waals surface area contributed by atoms with Crippen LogP contribution >= 0.6 is 0 Å². The van der Waals surface area contributed by atoms with E-state index in [1.807, 2.05) is 4.90 Å². The van der Waals surface area contributed by atoms with Crippen LogP contribution in [0.4, 0.5) is 16.2 Å². The molecule has 1 saturated heterocycles. The maximum Gasteiger partial charge on any atom is 0.322 e. The number of rotatable bonds is 3. The van der Waals surface area contributed by atoms with Crippen LogP contribution < -0.4 is 5.32 Å². The Labute approximate surface area is 117 Å². The number of benzene rings is 1. The van der Waals surface area contributed by atoms with Crippen LogP contribution in [0.5, 0.6) is 0 Å². The molecule has 6 nitrogen and oxygen atoms in total. The summed E-state index contributed by atoms with van der Waals surface area (Å²) in [6.07, 6.45) is 4.20. The van der Waals surface area contributed by atoms with Gasteiger partial charge in [-0.3, -0.25) is 10.1 Å². The van der Waals surface area contributed by atoms with Crippen LogP contribution in [0.15, 0.2) is 24.3 Å². The SMILES string of the molecule is CCC1CCCCN1C(=O)Nc1ccc([N+](=O)[O-])cc1. The molecule has 0 radical (unpaired) electrons. The highest BCUT2D eigenvalue weighted by molar-refractivity contribution is 5.89. The molecule has 1 atom stereocenters. The van der Waals surface area contributed by atoms with Crippen molar-refractivity contribution in [3.8, 4) is 0 Å². The van der Waals surface area contributed by atoms with E-state index in [0.29, 0.717) is 11.7 Å². The molecule has 1 aromatic rings. The number of carbonyl (C=O) groups is 1. The highest BCUT2D eigenvalue weighted by Crippen LogP contribution is 2.21. The minimum absolute atomic E-state index is 0.0207. The summed E-state index contributed by atoms with van der Waals surface area (Å²) in [4.78, 5) is 24.2. The van der Waals surface area contributed by atoms with Gasteiger partial charge in [0, 0.05) is 30.4 Å². The van der Waals surface area contributed by atoms with Gasteiger partial charge in [0.1, 0.15) is 0 Å². The van der Waals surface area contributed by atoms with E-state index >= 15 is 0 Å². The molecule has 6 heteroatoms. The summed E-state index contributed by atoms with van der Waals surface area (Å²) < 4.78 is 0. The van der Waals surface area contributed by atoms with Crippen LogP contribution in [-0.2, 0) is 0 Å². The number of carbonyl (C=O) groups excluding carboxylic acids is 1. The van der Waals surface area contributed by atoms with Crippen molar-refractivity contribution in [2.75, 3.05) is 11.9 Å². The number of hydrogen-bond donors (Lipinski definition) is 1. The molecule has 2 rings (SSSR count). The highest BCUT2D eigenvalue weighted by atomic mass is 16.6. The second kappa shape index (κ2) is 6.36.